The Hall–Kier alpha value is -2.96. The zero-order chi connectivity index (χ0) is 20.9. The molecule has 6 nitrogen and oxygen atoms in total. The Morgan fingerprint density at radius 3 is 2.43 bits per heavy atom. The van der Waals surface area contributed by atoms with Crippen LogP contribution in [-0.2, 0) is 17.8 Å². The van der Waals surface area contributed by atoms with Crippen LogP contribution in [0, 0.1) is 0 Å². The second kappa shape index (κ2) is 9.24. The normalized spacial score (nSPS) is 19.5. The first-order chi connectivity index (χ1) is 14.6. The van der Waals surface area contributed by atoms with Crippen LogP contribution in [0.1, 0.15) is 35.3 Å². The number of rotatable bonds is 6. The van der Waals surface area contributed by atoms with Gasteiger partial charge in [-0.2, -0.15) is 0 Å². The smallest absolute Gasteiger partial charge is 0.251 e. The molecule has 2 unspecified atom stereocenters. The van der Waals surface area contributed by atoms with Gasteiger partial charge in [-0.1, -0.05) is 36.4 Å². The van der Waals surface area contributed by atoms with Crippen LogP contribution in [-0.4, -0.2) is 41.1 Å². The standard InChI is InChI=1S/C24H27N3O3/c1-17-13-27(14-18(2)30-17)15-22-6-4-3-5-21(22)11-26-24(28)20-9-7-19(8-10-20)23-12-25-16-29-23/h3-10,12,16-18H,11,13-15H2,1-2H3,(H,26,28). The lowest BCUT2D eigenvalue weighted by Crippen LogP contribution is -2.45. The molecule has 2 aromatic carbocycles. The monoisotopic (exact) mass is 405 g/mol. The highest BCUT2D eigenvalue weighted by atomic mass is 16.5. The summed E-state index contributed by atoms with van der Waals surface area (Å²) in [6, 6.07) is 15.6. The van der Waals surface area contributed by atoms with Crippen LogP contribution in [0.4, 0.5) is 0 Å². The predicted molar refractivity (Wildman–Crippen MR) is 115 cm³/mol. The molecule has 156 valence electrons. The lowest BCUT2D eigenvalue weighted by atomic mass is 10.1. The van der Waals surface area contributed by atoms with Crippen molar-refractivity contribution in [3.05, 3.63) is 77.8 Å². The Kier molecular flexibility index (Phi) is 6.26. The first-order valence-electron chi connectivity index (χ1n) is 10.3. The van der Waals surface area contributed by atoms with Crippen molar-refractivity contribution in [1.29, 1.82) is 0 Å². The van der Waals surface area contributed by atoms with Crippen LogP contribution in [0.15, 0.2) is 65.5 Å². The Morgan fingerprint density at radius 1 is 1.07 bits per heavy atom. The summed E-state index contributed by atoms with van der Waals surface area (Å²) in [5.74, 6) is 0.588. The fourth-order valence-electron chi connectivity index (χ4n) is 3.96. The molecule has 0 saturated carbocycles. The highest BCUT2D eigenvalue weighted by Gasteiger charge is 2.22. The molecule has 3 aromatic rings. The molecule has 1 N–H and O–H groups in total. The van der Waals surface area contributed by atoms with Crippen molar-refractivity contribution in [2.24, 2.45) is 0 Å². The van der Waals surface area contributed by atoms with Gasteiger partial charge in [0.2, 0.25) is 0 Å². The zero-order valence-corrected chi connectivity index (χ0v) is 17.4. The molecule has 4 rings (SSSR count). The molecule has 1 amide bonds. The van der Waals surface area contributed by atoms with Crippen molar-refractivity contribution in [2.75, 3.05) is 13.1 Å². The third kappa shape index (κ3) is 4.96. The number of amides is 1. The molecule has 30 heavy (non-hydrogen) atoms. The number of hydrogen-bond acceptors (Lipinski definition) is 5. The Morgan fingerprint density at radius 2 is 1.77 bits per heavy atom. The van der Waals surface area contributed by atoms with E-state index in [1.165, 1.54) is 12.0 Å². The van der Waals surface area contributed by atoms with E-state index in [1.54, 1.807) is 18.3 Å². The van der Waals surface area contributed by atoms with Crippen LogP contribution in [0.5, 0.6) is 0 Å². The summed E-state index contributed by atoms with van der Waals surface area (Å²) in [6.45, 7) is 7.42. The minimum Gasteiger partial charge on any atom is -0.444 e. The van der Waals surface area contributed by atoms with Gasteiger partial charge in [-0.25, -0.2) is 4.98 Å². The van der Waals surface area contributed by atoms with Crippen LogP contribution < -0.4 is 5.32 Å². The van der Waals surface area contributed by atoms with E-state index < -0.39 is 0 Å². The molecule has 1 saturated heterocycles. The Balaban J connectivity index is 1.38. The molecule has 0 aliphatic carbocycles. The SMILES string of the molecule is CC1CN(Cc2ccccc2CNC(=O)c2ccc(-c3cnco3)cc2)CC(C)O1. The van der Waals surface area contributed by atoms with Gasteiger partial charge in [0.15, 0.2) is 12.2 Å². The lowest BCUT2D eigenvalue weighted by molar-refractivity contribution is -0.0705. The zero-order valence-electron chi connectivity index (χ0n) is 17.4. The minimum absolute atomic E-state index is 0.0949. The van der Waals surface area contributed by atoms with Crippen LogP contribution in [0.25, 0.3) is 11.3 Å². The van der Waals surface area contributed by atoms with E-state index in [0.29, 0.717) is 17.9 Å². The molecule has 6 heteroatoms. The summed E-state index contributed by atoms with van der Waals surface area (Å²) in [5, 5.41) is 3.05. The second-order valence-corrected chi connectivity index (χ2v) is 7.85. The van der Waals surface area contributed by atoms with Crippen molar-refractivity contribution >= 4 is 5.91 Å². The molecule has 1 aliphatic heterocycles. The van der Waals surface area contributed by atoms with Gasteiger partial charge in [0.25, 0.3) is 5.91 Å². The topological polar surface area (TPSA) is 67.6 Å². The predicted octanol–water partition coefficient (Wildman–Crippen LogP) is 3.88. The number of ether oxygens (including phenoxy) is 1. The number of nitrogens with zero attached hydrogens (tertiary/aromatic N) is 2. The van der Waals surface area contributed by atoms with E-state index in [1.807, 2.05) is 18.2 Å². The molecule has 2 atom stereocenters. The molecule has 0 spiro atoms. The molecule has 1 fully saturated rings. The van der Waals surface area contributed by atoms with E-state index in [0.717, 1.165) is 30.8 Å². The summed E-state index contributed by atoms with van der Waals surface area (Å²) >= 11 is 0. The summed E-state index contributed by atoms with van der Waals surface area (Å²) in [7, 11) is 0. The maximum atomic E-state index is 12.6. The van der Waals surface area contributed by atoms with Crippen LogP contribution in [0.3, 0.4) is 0 Å². The number of nitrogens with one attached hydrogen (secondary N) is 1. The molecule has 0 radical (unpaired) electrons. The number of oxazole rings is 1. The number of morpholine rings is 1. The van der Waals surface area contributed by atoms with Crippen LogP contribution in [0.2, 0.25) is 0 Å². The maximum absolute atomic E-state index is 12.6. The highest BCUT2D eigenvalue weighted by molar-refractivity contribution is 5.94. The molecular weight excluding hydrogens is 378 g/mol. The third-order valence-corrected chi connectivity index (χ3v) is 5.31. The van der Waals surface area contributed by atoms with Gasteiger partial charge >= 0.3 is 0 Å². The average molecular weight is 405 g/mol. The van der Waals surface area contributed by atoms with Gasteiger partial charge in [-0.15, -0.1) is 0 Å². The molecule has 1 aromatic heterocycles. The number of aromatic nitrogens is 1. The third-order valence-electron chi connectivity index (χ3n) is 5.31. The largest absolute Gasteiger partial charge is 0.444 e. The molecular formula is C24H27N3O3. The quantitative estimate of drug-likeness (QED) is 0.674. The fourth-order valence-corrected chi connectivity index (χ4v) is 3.96. The minimum atomic E-state index is -0.0949. The van der Waals surface area contributed by atoms with Crippen molar-refractivity contribution in [3.63, 3.8) is 0 Å². The van der Waals surface area contributed by atoms with E-state index in [9.17, 15) is 4.79 Å². The van der Waals surface area contributed by atoms with E-state index in [-0.39, 0.29) is 18.1 Å². The van der Waals surface area contributed by atoms with Gasteiger partial charge in [0, 0.05) is 37.3 Å². The fraction of sp³-hybridized carbons (Fsp3) is 0.333. The van der Waals surface area contributed by atoms with Crippen molar-refractivity contribution in [1.82, 2.24) is 15.2 Å². The van der Waals surface area contributed by atoms with E-state index in [2.05, 4.69) is 47.2 Å². The molecule has 0 bridgehead atoms. The second-order valence-electron chi connectivity index (χ2n) is 7.85. The van der Waals surface area contributed by atoms with E-state index in [4.69, 9.17) is 9.15 Å². The van der Waals surface area contributed by atoms with E-state index >= 15 is 0 Å². The van der Waals surface area contributed by atoms with Gasteiger partial charge in [0.05, 0.1) is 18.4 Å². The summed E-state index contributed by atoms with van der Waals surface area (Å²) < 4.78 is 11.1. The number of hydrogen-bond donors (Lipinski definition) is 1. The first kappa shape index (κ1) is 20.3. The molecule has 1 aliphatic rings. The van der Waals surface area contributed by atoms with Crippen molar-refractivity contribution in [2.45, 2.75) is 39.1 Å². The van der Waals surface area contributed by atoms with Gasteiger partial charge in [-0.05, 0) is 37.1 Å². The number of carbonyl (C=O) groups excluding carboxylic acids is 1. The summed E-state index contributed by atoms with van der Waals surface area (Å²) in [4.78, 5) is 19.0. The van der Waals surface area contributed by atoms with Gasteiger partial charge < -0.3 is 14.5 Å². The van der Waals surface area contributed by atoms with Crippen molar-refractivity contribution in [3.8, 4) is 11.3 Å². The maximum Gasteiger partial charge on any atom is 0.251 e. The number of benzene rings is 2. The Bertz CT molecular complexity index is 960. The average Bonchev–Trinajstić information content (AvgIpc) is 3.27. The highest BCUT2D eigenvalue weighted by Crippen LogP contribution is 2.20. The van der Waals surface area contributed by atoms with Crippen LogP contribution >= 0.6 is 0 Å². The van der Waals surface area contributed by atoms with Crippen molar-refractivity contribution < 1.29 is 13.9 Å². The van der Waals surface area contributed by atoms with Gasteiger partial charge in [-0.3, -0.25) is 9.69 Å². The summed E-state index contributed by atoms with van der Waals surface area (Å²) in [5.41, 5.74) is 3.88. The number of carbonyl (C=O) groups is 1. The lowest BCUT2D eigenvalue weighted by Gasteiger charge is -2.35. The first-order valence-corrected chi connectivity index (χ1v) is 10.3. The summed E-state index contributed by atoms with van der Waals surface area (Å²) in [6.07, 6.45) is 3.52. The van der Waals surface area contributed by atoms with Gasteiger partial charge in [0.1, 0.15) is 0 Å². The Labute approximate surface area is 176 Å². The molecule has 2 heterocycles.